The Hall–Kier alpha value is -2.25. The molecule has 0 aliphatic carbocycles. The molecule has 0 radical (unpaired) electrons. The Morgan fingerprint density at radius 2 is 2.04 bits per heavy atom. The number of likely N-dealkylation sites (tertiary alicyclic amines) is 1. The van der Waals surface area contributed by atoms with Crippen molar-refractivity contribution in [2.24, 2.45) is 0 Å². The first kappa shape index (κ1) is 16.6. The normalized spacial score (nSPS) is 21.4. The summed E-state index contributed by atoms with van der Waals surface area (Å²) < 4.78 is 0. The second-order valence-electron chi connectivity index (χ2n) is 6.55. The Morgan fingerprint density at radius 3 is 2.83 bits per heavy atom. The molecule has 3 heterocycles. The molecule has 0 amide bonds. The van der Waals surface area contributed by atoms with Gasteiger partial charge in [-0.25, -0.2) is 0 Å². The van der Waals surface area contributed by atoms with Crippen molar-refractivity contribution < 1.29 is 0 Å². The molecule has 2 aromatic heterocycles. The van der Waals surface area contributed by atoms with Crippen LogP contribution < -0.4 is 0 Å². The van der Waals surface area contributed by atoms with Crippen LogP contribution in [0.25, 0.3) is 0 Å². The molecule has 2 aromatic rings. The third-order valence-electron chi connectivity index (χ3n) is 4.97. The van der Waals surface area contributed by atoms with E-state index in [1.807, 2.05) is 18.3 Å². The van der Waals surface area contributed by atoms with E-state index in [0.29, 0.717) is 18.5 Å². The van der Waals surface area contributed by atoms with E-state index >= 15 is 0 Å². The van der Waals surface area contributed by atoms with Crippen LogP contribution in [0.15, 0.2) is 36.5 Å². The lowest BCUT2D eigenvalue weighted by Crippen LogP contribution is -2.34. The minimum absolute atomic E-state index is 0.312. The molecular formula is C20H24N4. The number of hydrogen-bond acceptors (Lipinski definition) is 4. The first-order chi connectivity index (χ1) is 11.7. The number of nitriles is 1. The van der Waals surface area contributed by atoms with Crippen LogP contribution in [0.4, 0.5) is 0 Å². The van der Waals surface area contributed by atoms with Gasteiger partial charge in [0, 0.05) is 24.7 Å². The Balaban J connectivity index is 1.84. The van der Waals surface area contributed by atoms with Gasteiger partial charge >= 0.3 is 0 Å². The highest BCUT2D eigenvalue weighted by molar-refractivity contribution is 5.23. The standard InChI is InChI=1S/C20H24N4/c1-15-7-6-14-22-20(15)19-12-4-11-18(24(19)2)17-10-3-8-16(23-17)9-5-13-21/h3,6-8,10,14,18-19H,4-5,9,11-12H2,1-2H3/t18-,19+/m1/s1. The molecule has 1 fully saturated rings. The van der Waals surface area contributed by atoms with E-state index in [-0.39, 0.29) is 0 Å². The van der Waals surface area contributed by atoms with Crippen LogP contribution in [-0.2, 0) is 6.42 Å². The molecule has 0 aromatic carbocycles. The Morgan fingerprint density at radius 1 is 1.21 bits per heavy atom. The molecule has 0 unspecified atom stereocenters. The number of rotatable bonds is 4. The third kappa shape index (κ3) is 3.47. The molecule has 24 heavy (non-hydrogen) atoms. The molecule has 1 aliphatic heterocycles. The van der Waals surface area contributed by atoms with E-state index in [4.69, 9.17) is 10.2 Å². The van der Waals surface area contributed by atoms with Crippen molar-refractivity contribution in [3.63, 3.8) is 0 Å². The van der Waals surface area contributed by atoms with E-state index in [0.717, 1.165) is 30.7 Å². The fourth-order valence-corrected chi connectivity index (χ4v) is 3.67. The van der Waals surface area contributed by atoms with Gasteiger partial charge in [0.05, 0.1) is 29.5 Å². The van der Waals surface area contributed by atoms with Crippen molar-refractivity contribution in [2.75, 3.05) is 7.05 Å². The lowest BCUT2D eigenvalue weighted by molar-refractivity contribution is 0.109. The van der Waals surface area contributed by atoms with E-state index < -0.39 is 0 Å². The molecule has 1 saturated heterocycles. The largest absolute Gasteiger partial charge is 0.289 e. The highest BCUT2D eigenvalue weighted by atomic mass is 15.2. The zero-order valence-corrected chi connectivity index (χ0v) is 14.4. The maximum Gasteiger partial charge on any atom is 0.0625 e. The lowest BCUT2D eigenvalue weighted by Gasteiger charge is -2.39. The van der Waals surface area contributed by atoms with Gasteiger partial charge in [0.2, 0.25) is 0 Å². The Labute approximate surface area is 144 Å². The molecule has 2 atom stereocenters. The fraction of sp³-hybridized carbons (Fsp3) is 0.450. The molecule has 1 aliphatic rings. The molecule has 0 N–H and O–H groups in total. The van der Waals surface area contributed by atoms with E-state index in [2.05, 4.69) is 48.1 Å². The topological polar surface area (TPSA) is 52.8 Å². The quantitative estimate of drug-likeness (QED) is 0.849. The number of nitrogens with zero attached hydrogens (tertiary/aromatic N) is 4. The van der Waals surface area contributed by atoms with Crippen LogP contribution in [-0.4, -0.2) is 21.9 Å². The van der Waals surface area contributed by atoms with Gasteiger partial charge in [-0.3, -0.25) is 14.9 Å². The molecule has 0 bridgehead atoms. The van der Waals surface area contributed by atoms with Gasteiger partial charge in [0.15, 0.2) is 0 Å². The smallest absolute Gasteiger partial charge is 0.0625 e. The fourth-order valence-electron chi connectivity index (χ4n) is 3.67. The second-order valence-corrected chi connectivity index (χ2v) is 6.55. The summed E-state index contributed by atoms with van der Waals surface area (Å²) in [5, 5.41) is 8.78. The van der Waals surface area contributed by atoms with Crippen LogP contribution >= 0.6 is 0 Å². The first-order valence-electron chi connectivity index (χ1n) is 8.67. The van der Waals surface area contributed by atoms with Crippen molar-refractivity contribution in [1.29, 1.82) is 5.26 Å². The monoisotopic (exact) mass is 320 g/mol. The van der Waals surface area contributed by atoms with Crippen molar-refractivity contribution in [2.45, 2.75) is 51.1 Å². The lowest BCUT2D eigenvalue weighted by atomic mass is 9.90. The molecule has 3 rings (SSSR count). The van der Waals surface area contributed by atoms with Gasteiger partial charge in [-0.1, -0.05) is 12.1 Å². The molecule has 4 heteroatoms. The molecule has 4 nitrogen and oxygen atoms in total. The average molecular weight is 320 g/mol. The number of piperidine rings is 1. The van der Waals surface area contributed by atoms with Gasteiger partial charge in [-0.05, 0) is 57.0 Å². The predicted molar refractivity (Wildman–Crippen MR) is 94.2 cm³/mol. The number of aromatic nitrogens is 2. The Kier molecular flexibility index (Phi) is 5.22. The SMILES string of the molecule is Cc1cccnc1[C@@H]1CCC[C@H](c2cccc(CCC#N)n2)N1C. The third-order valence-corrected chi connectivity index (χ3v) is 4.97. The zero-order valence-electron chi connectivity index (χ0n) is 14.4. The van der Waals surface area contributed by atoms with Gasteiger partial charge in [-0.2, -0.15) is 5.26 Å². The summed E-state index contributed by atoms with van der Waals surface area (Å²) in [5.41, 5.74) is 4.57. The van der Waals surface area contributed by atoms with Crippen LogP contribution in [0.3, 0.4) is 0 Å². The second kappa shape index (κ2) is 7.55. The van der Waals surface area contributed by atoms with E-state index in [1.165, 1.54) is 17.7 Å². The highest BCUT2D eigenvalue weighted by Gasteiger charge is 2.31. The van der Waals surface area contributed by atoms with Crippen molar-refractivity contribution >= 4 is 0 Å². The van der Waals surface area contributed by atoms with Crippen LogP contribution in [0.5, 0.6) is 0 Å². The summed E-state index contributed by atoms with van der Waals surface area (Å²) in [5.74, 6) is 0. The van der Waals surface area contributed by atoms with Gasteiger partial charge in [0.25, 0.3) is 0 Å². The summed E-state index contributed by atoms with van der Waals surface area (Å²) in [6.07, 6.45) is 6.57. The number of hydrogen-bond donors (Lipinski definition) is 0. The summed E-state index contributed by atoms with van der Waals surface area (Å²) in [4.78, 5) is 11.9. The summed E-state index contributed by atoms with van der Waals surface area (Å²) in [6.45, 7) is 2.14. The average Bonchev–Trinajstić information content (AvgIpc) is 2.61. The Bertz CT molecular complexity index is 734. The molecule has 0 spiro atoms. The van der Waals surface area contributed by atoms with Crippen molar-refractivity contribution in [3.05, 3.63) is 59.2 Å². The summed E-state index contributed by atoms with van der Waals surface area (Å²) >= 11 is 0. The van der Waals surface area contributed by atoms with E-state index in [9.17, 15) is 0 Å². The minimum atomic E-state index is 0.312. The molecular weight excluding hydrogens is 296 g/mol. The van der Waals surface area contributed by atoms with Gasteiger partial charge in [-0.15, -0.1) is 0 Å². The minimum Gasteiger partial charge on any atom is -0.289 e. The maximum atomic E-state index is 8.78. The molecule has 0 saturated carbocycles. The first-order valence-corrected chi connectivity index (χ1v) is 8.67. The number of pyridine rings is 2. The zero-order chi connectivity index (χ0) is 16.9. The van der Waals surface area contributed by atoms with Crippen molar-refractivity contribution in [3.8, 4) is 6.07 Å². The van der Waals surface area contributed by atoms with Crippen LogP contribution in [0, 0.1) is 18.3 Å². The van der Waals surface area contributed by atoms with Crippen LogP contribution in [0.1, 0.15) is 60.4 Å². The van der Waals surface area contributed by atoms with E-state index in [1.54, 1.807) is 0 Å². The predicted octanol–water partition coefficient (Wildman–Crippen LogP) is 4.14. The van der Waals surface area contributed by atoms with Crippen molar-refractivity contribution in [1.82, 2.24) is 14.9 Å². The maximum absolute atomic E-state index is 8.78. The van der Waals surface area contributed by atoms with Gasteiger partial charge in [0.1, 0.15) is 0 Å². The number of aryl methyl sites for hydroxylation is 2. The molecule has 124 valence electrons. The highest BCUT2D eigenvalue weighted by Crippen LogP contribution is 2.39. The van der Waals surface area contributed by atoms with Gasteiger partial charge < -0.3 is 0 Å². The van der Waals surface area contributed by atoms with Crippen LogP contribution in [0.2, 0.25) is 0 Å². The summed E-state index contributed by atoms with van der Waals surface area (Å²) in [7, 11) is 2.19. The summed E-state index contributed by atoms with van der Waals surface area (Å²) in [6, 6.07) is 13.2.